The van der Waals surface area contributed by atoms with Crippen LogP contribution in [0.3, 0.4) is 0 Å². The highest BCUT2D eigenvalue weighted by Crippen LogP contribution is 2.19. The lowest BCUT2D eigenvalue weighted by molar-refractivity contribution is 0.643. The van der Waals surface area contributed by atoms with Crippen molar-refractivity contribution in [2.24, 2.45) is 12.8 Å². The molecular formula is C11H16N4S. The number of thiazole rings is 1. The van der Waals surface area contributed by atoms with Gasteiger partial charge in [-0.3, -0.25) is 9.67 Å². The van der Waals surface area contributed by atoms with Gasteiger partial charge >= 0.3 is 0 Å². The van der Waals surface area contributed by atoms with Gasteiger partial charge in [-0.1, -0.05) is 6.92 Å². The van der Waals surface area contributed by atoms with Gasteiger partial charge in [0.1, 0.15) is 0 Å². The van der Waals surface area contributed by atoms with Gasteiger partial charge in [0.15, 0.2) is 0 Å². The van der Waals surface area contributed by atoms with Crippen LogP contribution in [0.2, 0.25) is 0 Å². The van der Waals surface area contributed by atoms with Crippen molar-refractivity contribution in [3.63, 3.8) is 0 Å². The summed E-state index contributed by atoms with van der Waals surface area (Å²) in [5.41, 5.74) is 10.2. The molecule has 0 amide bonds. The van der Waals surface area contributed by atoms with E-state index in [1.54, 1.807) is 11.3 Å². The highest BCUT2D eigenvalue weighted by atomic mass is 32.1. The summed E-state index contributed by atoms with van der Waals surface area (Å²) in [6.45, 7) is 2.11. The standard InChI is InChI=1S/C11H16N4S/c1-3-8-4-9(15(2)14-8)5-10(12)11-6-13-7-16-11/h4,6-7,10H,3,5,12H2,1-2H3. The Balaban J connectivity index is 2.11. The second kappa shape index (κ2) is 4.76. The van der Waals surface area contributed by atoms with E-state index in [2.05, 4.69) is 23.1 Å². The van der Waals surface area contributed by atoms with Crippen molar-refractivity contribution in [2.45, 2.75) is 25.8 Å². The fraction of sp³-hybridized carbons (Fsp3) is 0.455. The summed E-state index contributed by atoms with van der Waals surface area (Å²) in [5.74, 6) is 0. The maximum Gasteiger partial charge on any atom is 0.0794 e. The van der Waals surface area contributed by atoms with Crippen LogP contribution < -0.4 is 5.73 Å². The number of aromatic nitrogens is 3. The zero-order valence-corrected chi connectivity index (χ0v) is 10.4. The van der Waals surface area contributed by atoms with Crippen LogP contribution in [0.15, 0.2) is 17.8 Å². The summed E-state index contributed by atoms with van der Waals surface area (Å²) in [6, 6.07) is 2.15. The summed E-state index contributed by atoms with van der Waals surface area (Å²) >= 11 is 1.60. The van der Waals surface area contributed by atoms with Crippen LogP contribution in [-0.2, 0) is 19.9 Å². The minimum absolute atomic E-state index is 0.0209. The smallest absolute Gasteiger partial charge is 0.0794 e. The Kier molecular flexibility index (Phi) is 3.36. The van der Waals surface area contributed by atoms with Gasteiger partial charge in [-0.15, -0.1) is 11.3 Å². The first-order valence-electron chi connectivity index (χ1n) is 5.36. The molecule has 0 aliphatic rings. The van der Waals surface area contributed by atoms with Crippen LogP contribution in [0.5, 0.6) is 0 Å². The zero-order valence-electron chi connectivity index (χ0n) is 9.55. The number of hydrogen-bond acceptors (Lipinski definition) is 4. The highest BCUT2D eigenvalue weighted by Gasteiger charge is 2.12. The minimum atomic E-state index is 0.0209. The maximum atomic E-state index is 6.12. The van der Waals surface area contributed by atoms with Crippen molar-refractivity contribution in [1.29, 1.82) is 0 Å². The number of aryl methyl sites for hydroxylation is 2. The van der Waals surface area contributed by atoms with E-state index >= 15 is 0 Å². The first-order valence-corrected chi connectivity index (χ1v) is 6.24. The van der Waals surface area contributed by atoms with E-state index < -0.39 is 0 Å². The van der Waals surface area contributed by atoms with Crippen LogP contribution in [0.4, 0.5) is 0 Å². The molecule has 2 aromatic rings. The Labute approximate surface area is 99.1 Å². The van der Waals surface area contributed by atoms with E-state index in [-0.39, 0.29) is 6.04 Å². The number of hydrogen-bond donors (Lipinski definition) is 1. The fourth-order valence-corrected chi connectivity index (χ4v) is 2.29. The lowest BCUT2D eigenvalue weighted by atomic mass is 10.1. The highest BCUT2D eigenvalue weighted by molar-refractivity contribution is 7.09. The van der Waals surface area contributed by atoms with Gasteiger partial charge < -0.3 is 5.73 Å². The normalized spacial score (nSPS) is 12.9. The average molecular weight is 236 g/mol. The van der Waals surface area contributed by atoms with Gasteiger partial charge in [-0.25, -0.2) is 0 Å². The molecule has 0 radical (unpaired) electrons. The molecule has 5 heteroatoms. The van der Waals surface area contributed by atoms with Crippen LogP contribution in [0.25, 0.3) is 0 Å². The van der Waals surface area contributed by atoms with Gasteiger partial charge in [0.25, 0.3) is 0 Å². The Hall–Kier alpha value is -1.20. The Bertz CT molecular complexity index is 447. The first-order chi connectivity index (χ1) is 7.70. The van der Waals surface area contributed by atoms with Crippen LogP contribution >= 0.6 is 11.3 Å². The second-order valence-corrected chi connectivity index (χ2v) is 4.74. The predicted octanol–water partition coefficient (Wildman–Crippen LogP) is 1.68. The van der Waals surface area contributed by atoms with E-state index in [1.807, 2.05) is 23.4 Å². The molecule has 0 saturated heterocycles. The number of nitrogens with zero attached hydrogens (tertiary/aromatic N) is 3. The Morgan fingerprint density at radius 2 is 2.38 bits per heavy atom. The third-order valence-corrected chi connectivity index (χ3v) is 3.54. The molecule has 0 bridgehead atoms. The lowest BCUT2D eigenvalue weighted by Crippen LogP contribution is -2.14. The van der Waals surface area contributed by atoms with E-state index in [0.717, 1.165) is 23.4 Å². The monoisotopic (exact) mass is 236 g/mol. The molecule has 1 atom stereocenters. The van der Waals surface area contributed by atoms with E-state index in [4.69, 9.17) is 5.73 Å². The molecule has 0 spiro atoms. The van der Waals surface area contributed by atoms with Gasteiger partial charge in [0.05, 0.1) is 11.2 Å². The zero-order chi connectivity index (χ0) is 11.5. The largest absolute Gasteiger partial charge is 0.323 e. The average Bonchev–Trinajstić information content (AvgIpc) is 2.88. The SMILES string of the molecule is CCc1cc(CC(N)c2cncs2)n(C)n1. The third kappa shape index (κ3) is 2.31. The molecular weight excluding hydrogens is 220 g/mol. The summed E-state index contributed by atoms with van der Waals surface area (Å²) in [4.78, 5) is 5.17. The summed E-state index contributed by atoms with van der Waals surface area (Å²) in [6.07, 6.45) is 3.61. The predicted molar refractivity (Wildman–Crippen MR) is 65.3 cm³/mol. The van der Waals surface area contributed by atoms with Crippen LogP contribution in [0, 0.1) is 0 Å². The molecule has 4 nitrogen and oxygen atoms in total. The molecule has 0 aromatic carbocycles. The van der Waals surface area contributed by atoms with E-state index in [9.17, 15) is 0 Å². The van der Waals surface area contributed by atoms with Gasteiger partial charge in [-0.2, -0.15) is 5.10 Å². The van der Waals surface area contributed by atoms with E-state index in [0.29, 0.717) is 0 Å². The van der Waals surface area contributed by atoms with Gasteiger partial charge in [0.2, 0.25) is 0 Å². The molecule has 2 heterocycles. The molecule has 1 unspecified atom stereocenters. The molecule has 0 saturated carbocycles. The molecule has 2 N–H and O–H groups in total. The third-order valence-electron chi connectivity index (χ3n) is 2.64. The molecule has 0 aliphatic heterocycles. The molecule has 0 fully saturated rings. The van der Waals surface area contributed by atoms with Gasteiger partial charge in [0, 0.05) is 36.3 Å². The van der Waals surface area contributed by atoms with Crippen molar-refractivity contribution >= 4 is 11.3 Å². The van der Waals surface area contributed by atoms with Crippen LogP contribution in [0.1, 0.15) is 29.2 Å². The van der Waals surface area contributed by atoms with Crippen molar-refractivity contribution in [3.05, 3.63) is 34.0 Å². The van der Waals surface area contributed by atoms with Crippen molar-refractivity contribution in [2.75, 3.05) is 0 Å². The van der Waals surface area contributed by atoms with Crippen molar-refractivity contribution < 1.29 is 0 Å². The summed E-state index contributed by atoms with van der Waals surface area (Å²) in [5, 5.41) is 4.41. The number of nitrogens with two attached hydrogens (primary N) is 1. The molecule has 0 aliphatic carbocycles. The summed E-state index contributed by atoms with van der Waals surface area (Å²) < 4.78 is 1.92. The van der Waals surface area contributed by atoms with Crippen molar-refractivity contribution in [3.8, 4) is 0 Å². The Morgan fingerprint density at radius 1 is 1.56 bits per heavy atom. The molecule has 2 aromatic heterocycles. The summed E-state index contributed by atoms with van der Waals surface area (Å²) in [7, 11) is 1.97. The topological polar surface area (TPSA) is 56.7 Å². The first kappa shape index (κ1) is 11.3. The molecule has 16 heavy (non-hydrogen) atoms. The molecule has 2 rings (SSSR count). The maximum absolute atomic E-state index is 6.12. The van der Waals surface area contributed by atoms with Gasteiger partial charge in [-0.05, 0) is 12.5 Å². The van der Waals surface area contributed by atoms with Crippen LogP contribution in [-0.4, -0.2) is 14.8 Å². The lowest BCUT2D eigenvalue weighted by Gasteiger charge is -2.08. The minimum Gasteiger partial charge on any atom is -0.323 e. The number of rotatable bonds is 4. The van der Waals surface area contributed by atoms with Crippen molar-refractivity contribution in [1.82, 2.24) is 14.8 Å². The Morgan fingerprint density at radius 3 is 2.94 bits per heavy atom. The van der Waals surface area contributed by atoms with E-state index in [1.165, 1.54) is 5.69 Å². The quantitative estimate of drug-likeness (QED) is 0.878. The fourth-order valence-electron chi connectivity index (χ4n) is 1.67. The molecule has 86 valence electrons. The second-order valence-electron chi connectivity index (χ2n) is 3.82.